The van der Waals surface area contributed by atoms with Gasteiger partial charge >= 0.3 is 0 Å². The maximum Gasteiger partial charge on any atom is 0.272 e. The first-order valence-corrected chi connectivity index (χ1v) is 5.47. The van der Waals surface area contributed by atoms with E-state index in [9.17, 15) is 13.6 Å². The van der Waals surface area contributed by atoms with E-state index in [0.717, 1.165) is 12.1 Å². The Kier molecular flexibility index (Phi) is 2.56. The number of benzene rings is 1. The number of para-hydroxylation sites is 1. The van der Waals surface area contributed by atoms with Gasteiger partial charge in [-0.25, -0.2) is 8.78 Å². The summed E-state index contributed by atoms with van der Waals surface area (Å²) in [7, 11) is 0. The molecule has 0 spiro atoms. The fourth-order valence-electron chi connectivity index (χ4n) is 1.77. The lowest BCUT2D eigenvalue weighted by molar-refractivity contribution is 0.102. The average Bonchev–Trinajstić information content (AvgIpc) is 2.94. The zero-order chi connectivity index (χ0) is 13.4. The van der Waals surface area contributed by atoms with Gasteiger partial charge < -0.3 is 14.7 Å². The lowest BCUT2D eigenvalue weighted by Crippen LogP contribution is -2.14. The first-order chi connectivity index (χ1) is 9.15. The standard InChI is InChI=1S/C13H8F2N2O2/c14-7-2-1-3-8(15)12(7)17-13(18)10-6-11-9(16-10)4-5-19-11/h1-6,16H,(H,17,18). The van der Waals surface area contributed by atoms with Crippen LogP contribution in [0.2, 0.25) is 0 Å². The van der Waals surface area contributed by atoms with Crippen molar-refractivity contribution < 1.29 is 18.0 Å². The highest BCUT2D eigenvalue weighted by Gasteiger charge is 2.15. The molecule has 4 nitrogen and oxygen atoms in total. The topological polar surface area (TPSA) is 58.0 Å². The maximum atomic E-state index is 13.4. The Morgan fingerprint density at radius 3 is 2.63 bits per heavy atom. The van der Waals surface area contributed by atoms with Crippen LogP contribution in [0.1, 0.15) is 10.5 Å². The highest BCUT2D eigenvalue weighted by atomic mass is 19.1. The monoisotopic (exact) mass is 262 g/mol. The van der Waals surface area contributed by atoms with Crippen LogP contribution in [0.5, 0.6) is 0 Å². The van der Waals surface area contributed by atoms with Gasteiger partial charge in [0, 0.05) is 12.1 Å². The van der Waals surface area contributed by atoms with Gasteiger partial charge in [0.05, 0.1) is 11.8 Å². The van der Waals surface area contributed by atoms with E-state index in [1.54, 1.807) is 6.07 Å². The lowest BCUT2D eigenvalue weighted by atomic mass is 10.2. The second-order valence-electron chi connectivity index (χ2n) is 3.93. The van der Waals surface area contributed by atoms with E-state index in [1.165, 1.54) is 18.4 Å². The maximum absolute atomic E-state index is 13.4. The number of amides is 1. The molecule has 0 saturated carbocycles. The molecule has 0 unspecified atom stereocenters. The molecule has 0 bridgehead atoms. The summed E-state index contributed by atoms with van der Waals surface area (Å²) in [4.78, 5) is 14.7. The van der Waals surface area contributed by atoms with Gasteiger partial charge in [-0.15, -0.1) is 0 Å². The summed E-state index contributed by atoms with van der Waals surface area (Å²) in [5.74, 6) is -2.30. The number of hydrogen-bond donors (Lipinski definition) is 2. The van der Waals surface area contributed by atoms with Gasteiger partial charge in [-0.3, -0.25) is 4.79 Å². The van der Waals surface area contributed by atoms with Crippen molar-refractivity contribution in [3.63, 3.8) is 0 Å². The number of H-pyrrole nitrogens is 1. The van der Waals surface area contributed by atoms with E-state index in [-0.39, 0.29) is 5.69 Å². The molecule has 0 aliphatic carbocycles. The third-order valence-electron chi connectivity index (χ3n) is 2.69. The molecule has 6 heteroatoms. The Hall–Kier alpha value is -2.63. The van der Waals surface area contributed by atoms with Crippen LogP contribution in [0.25, 0.3) is 11.1 Å². The first-order valence-electron chi connectivity index (χ1n) is 5.47. The summed E-state index contributed by atoms with van der Waals surface area (Å²) in [6, 6.07) is 6.47. The van der Waals surface area contributed by atoms with Gasteiger partial charge in [0.15, 0.2) is 5.58 Å². The first kappa shape index (κ1) is 11.5. The number of carbonyl (C=O) groups is 1. The second-order valence-corrected chi connectivity index (χ2v) is 3.93. The minimum absolute atomic E-state index is 0.164. The molecule has 96 valence electrons. The summed E-state index contributed by atoms with van der Waals surface area (Å²) in [6.45, 7) is 0. The van der Waals surface area contributed by atoms with Crippen LogP contribution in [0.3, 0.4) is 0 Å². The molecule has 0 atom stereocenters. The normalized spacial score (nSPS) is 10.8. The molecule has 2 aromatic heterocycles. The summed E-state index contributed by atoms with van der Waals surface area (Å²) in [6.07, 6.45) is 1.47. The van der Waals surface area contributed by atoms with E-state index in [2.05, 4.69) is 10.3 Å². The second kappa shape index (κ2) is 4.24. The average molecular weight is 262 g/mol. The van der Waals surface area contributed by atoms with Crippen molar-refractivity contribution in [3.05, 3.63) is 53.9 Å². The predicted molar refractivity (Wildman–Crippen MR) is 64.9 cm³/mol. The minimum Gasteiger partial charge on any atom is -0.463 e. The highest BCUT2D eigenvalue weighted by molar-refractivity contribution is 6.05. The number of fused-ring (bicyclic) bond motifs is 1. The number of nitrogens with one attached hydrogen (secondary N) is 2. The van der Waals surface area contributed by atoms with Gasteiger partial charge in [0.2, 0.25) is 0 Å². The quantitative estimate of drug-likeness (QED) is 0.744. The number of halogens is 2. The number of rotatable bonds is 2. The summed E-state index contributed by atoms with van der Waals surface area (Å²) >= 11 is 0. The number of aromatic nitrogens is 1. The largest absolute Gasteiger partial charge is 0.463 e. The van der Waals surface area contributed by atoms with E-state index in [4.69, 9.17) is 4.42 Å². The van der Waals surface area contributed by atoms with Crippen molar-refractivity contribution in [2.24, 2.45) is 0 Å². The van der Waals surface area contributed by atoms with Crippen LogP contribution < -0.4 is 5.32 Å². The number of furan rings is 1. The van der Waals surface area contributed by atoms with Crippen molar-refractivity contribution in [1.29, 1.82) is 0 Å². The molecule has 0 saturated heterocycles. The van der Waals surface area contributed by atoms with E-state index in [0.29, 0.717) is 11.1 Å². The molecule has 2 heterocycles. The third kappa shape index (κ3) is 1.97. The molecule has 0 fully saturated rings. The summed E-state index contributed by atoms with van der Waals surface area (Å²) in [5, 5.41) is 2.18. The summed E-state index contributed by atoms with van der Waals surface area (Å²) < 4.78 is 31.9. The van der Waals surface area contributed by atoms with Gasteiger partial charge in [0.1, 0.15) is 23.0 Å². The van der Waals surface area contributed by atoms with E-state index < -0.39 is 23.2 Å². The molecule has 3 rings (SSSR count). The molecular weight excluding hydrogens is 254 g/mol. The van der Waals surface area contributed by atoms with Crippen molar-refractivity contribution in [3.8, 4) is 0 Å². The van der Waals surface area contributed by atoms with Gasteiger partial charge in [-0.1, -0.05) is 6.07 Å². The molecule has 1 amide bonds. The van der Waals surface area contributed by atoms with Crippen LogP contribution in [-0.4, -0.2) is 10.9 Å². The number of anilines is 1. The van der Waals surface area contributed by atoms with Crippen LogP contribution in [0, 0.1) is 11.6 Å². The molecule has 0 radical (unpaired) electrons. The van der Waals surface area contributed by atoms with Crippen molar-refractivity contribution in [2.45, 2.75) is 0 Å². The number of hydrogen-bond acceptors (Lipinski definition) is 2. The van der Waals surface area contributed by atoms with Gasteiger partial charge in [-0.05, 0) is 12.1 Å². The zero-order valence-electron chi connectivity index (χ0n) is 9.54. The Balaban J connectivity index is 1.91. The zero-order valence-corrected chi connectivity index (χ0v) is 9.54. The molecule has 0 aliphatic heterocycles. The smallest absolute Gasteiger partial charge is 0.272 e. The molecule has 19 heavy (non-hydrogen) atoms. The highest BCUT2D eigenvalue weighted by Crippen LogP contribution is 2.20. The molecule has 2 N–H and O–H groups in total. The van der Waals surface area contributed by atoms with Crippen LogP contribution in [0.4, 0.5) is 14.5 Å². The number of aromatic amines is 1. The lowest BCUT2D eigenvalue weighted by Gasteiger charge is -2.05. The minimum atomic E-state index is -0.830. The van der Waals surface area contributed by atoms with Crippen LogP contribution in [0.15, 0.2) is 41.0 Å². The Labute approximate surface area is 106 Å². The predicted octanol–water partition coefficient (Wildman–Crippen LogP) is 3.29. The van der Waals surface area contributed by atoms with Gasteiger partial charge in [0.25, 0.3) is 5.91 Å². The van der Waals surface area contributed by atoms with Crippen LogP contribution >= 0.6 is 0 Å². The van der Waals surface area contributed by atoms with Crippen molar-refractivity contribution in [1.82, 2.24) is 4.98 Å². The summed E-state index contributed by atoms with van der Waals surface area (Å²) in [5.41, 5.74) is 0.828. The fourth-order valence-corrected chi connectivity index (χ4v) is 1.77. The van der Waals surface area contributed by atoms with Crippen LogP contribution in [-0.2, 0) is 0 Å². The molecule has 3 aromatic rings. The Morgan fingerprint density at radius 1 is 1.21 bits per heavy atom. The third-order valence-corrected chi connectivity index (χ3v) is 2.69. The molecule has 1 aromatic carbocycles. The van der Waals surface area contributed by atoms with Crippen molar-refractivity contribution in [2.75, 3.05) is 5.32 Å². The molecule has 0 aliphatic rings. The Morgan fingerprint density at radius 2 is 1.95 bits per heavy atom. The number of carbonyl (C=O) groups excluding carboxylic acids is 1. The van der Waals surface area contributed by atoms with E-state index >= 15 is 0 Å². The van der Waals surface area contributed by atoms with Crippen molar-refractivity contribution >= 4 is 22.7 Å². The Bertz CT molecular complexity index is 712. The molecular formula is C13H8F2N2O2. The van der Waals surface area contributed by atoms with E-state index in [1.807, 2.05) is 0 Å². The fraction of sp³-hybridized carbons (Fsp3) is 0. The van der Waals surface area contributed by atoms with Gasteiger partial charge in [-0.2, -0.15) is 0 Å². The SMILES string of the molecule is O=C(Nc1c(F)cccc1F)c1cc2occc2[nH]1.